The van der Waals surface area contributed by atoms with E-state index in [0.29, 0.717) is 13.0 Å². The van der Waals surface area contributed by atoms with E-state index in [0.717, 1.165) is 4.88 Å². The Kier molecular flexibility index (Phi) is 6.00. The van der Waals surface area contributed by atoms with Gasteiger partial charge in [-0.25, -0.2) is 9.97 Å². The fourth-order valence-electron chi connectivity index (χ4n) is 2.03. The zero-order valence-corrected chi connectivity index (χ0v) is 13.4. The van der Waals surface area contributed by atoms with E-state index in [-0.39, 0.29) is 30.4 Å². The number of nitro groups is 1. The van der Waals surface area contributed by atoms with Crippen LogP contribution in [0.1, 0.15) is 4.88 Å². The Hall–Kier alpha value is -3.24. The lowest BCUT2D eigenvalue weighted by Gasteiger charge is -2.17. The first-order valence-corrected chi connectivity index (χ1v) is 7.79. The minimum atomic E-state index is -0.607. The lowest BCUT2D eigenvalue weighted by molar-refractivity contribution is -0.383. The lowest BCUT2D eigenvalue weighted by Crippen LogP contribution is -2.26. The number of hydrogen-bond donors (Lipinski definition) is 1. The maximum Gasteiger partial charge on any atom is 0.353 e. The Labute approximate surface area is 142 Å². The summed E-state index contributed by atoms with van der Waals surface area (Å²) in [7, 11) is 0. The molecule has 0 saturated carbocycles. The van der Waals surface area contributed by atoms with Gasteiger partial charge in [0.25, 0.3) is 0 Å². The molecule has 0 spiro atoms. The second-order valence-electron chi connectivity index (χ2n) is 4.58. The number of nitrogens with one attached hydrogen (secondary N) is 1. The van der Waals surface area contributed by atoms with E-state index in [9.17, 15) is 10.1 Å². The number of anilines is 2. The predicted molar refractivity (Wildman–Crippen MR) is 88.6 cm³/mol. The molecule has 0 bridgehead atoms. The van der Waals surface area contributed by atoms with Crippen LogP contribution >= 0.6 is 11.3 Å². The third-order valence-corrected chi connectivity index (χ3v) is 3.99. The average Bonchev–Trinajstić information content (AvgIpc) is 3.07. The number of thiophene rings is 1. The van der Waals surface area contributed by atoms with Gasteiger partial charge in [-0.15, -0.1) is 11.3 Å². The fourth-order valence-corrected chi connectivity index (χ4v) is 2.74. The van der Waals surface area contributed by atoms with Crippen LogP contribution in [0.2, 0.25) is 0 Å². The molecule has 122 valence electrons. The summed E-state index contributed by atoms with van der Waals surface area (Å²) in [5.41, 5.74) is -0.339. The molecule has 0 aliphatic rings. The maximum atomic E-state index is 11.4. The first kappa shape index (κ1) is 17.1. The molecular formula is C14H13N7O2S. The summed E-state index contributed by atoms with van der Waals surface area (Å²) in [5.74, 6) is 0.0270. The zero-order valence-electron chi connectivity index (χ0n) is 12.5. The van der Waals surface area contributed by atoms with Crippen LogP contribution in [-0.2, 0) is 6.42 Å². The molecule has 0 fully saturated rings. The van der Waals surface area contributed by atoms with Gasteiger partial charge >= 0.3 is 5.69 Å². The van der Waals surface area contributed by atoms with Crippen LogP contribution in [0, 0.1) is 32.8 Å². The van der Waals surface area contributed by atoms with Crippen molar-refractivity contribution in [3.63, 3.8) is 0 Å². The summed E-state index contributed by atoms with van der Waals surface area (Å²) in [6.07, 6.45) is 1.88. The van der Waals surface area contributed by atoms with Crippen molar-refractivity contribution in [2.24, 2.45) is 0 Å². The van der Waals surface area contributed by atoms with Crippen molar-refractivity contribution in [1.82, 2.24) is 9.97 Å². The summed E-state index contributed by atoms with van der Waals surface area (Å²) in [4.78, 5) is 21.0. The molecule has 1 N–H and O–H groups in total. The van der Waals surface area contributed by atoms with Crippen LogP contribution in [0.3, 0.4) is 0 Å². The molecule has 0 saturated heterocycles. The van der Waals surface area contributed by atoms with E-state index < -0.39 is 4.92 Å². The molecule has 0 aromatic carbocycles. The molecule has 2 heterocycles. The van der Waals surface area contributed by atoms with E-state index in [1.54, 1.807) is 11.3 Å². The Morgan fingerprint density at radius 1 is 1.33 bits per heavy atom. The van der Waals surface area contributed by atoms with Gasteiger partial charge in [0, 0.05) is 11.4 Å². The van der Waals surface area contributed by atoms with E-state index >= 15 is 0 Å². The van der Waals surface area contributed by atoms with Gasteiger partial charge in [-0.05, 0) is 17.9 Å². The summed E-state index contributed by atoms with van der Waals surface area (Å²) in [6.45, 7) is 0.106. The Morgan fingerprint density at radius 2 is 2.08 bits per heavy atom. The molecule has 2 rings (SSSR count). The monoisotopic (exact) mass is 343 g/mol. The van der Waals surface area contributed by atoms with Gasteiger partial charge in [0.1, 0.15) is 19.4 Å². The highest BCUT2D eigenvalue weighted by Crippen LogP contribution is 2.31. The van der Waals surface area contributed by atoms with E-state index in [1.165, 1.54) is 11.2 Å². The number of aromatic nitrogens is 2. The molecule has 9 nitrogen and oxygen atoms in total. The lowest BCUT2D eigenvalue weighted by atomic mass is 10.3. The highest BCUT2D eigenvalue weighted by molar-refractivity contribution is 7.09. The van der Waals surface area contributed by atoms with E-state index in [4.69, 9.17) is 10.5 Å². The second kappa shape index (κ2) is 8.41. The molecule has 24 heavy (non-hydrogen) atoms. The van der Waals surface area contributed by atoms with Crippen LogP contribution in [0.5, 0.6) is 0 Å². The van der Waals surface area contributed by atoms with Crippen molar-refractivity contribution in [1.29, 1.82) is 10.5 Å². The highest BCUT2D eigenvalue weighted by Gasteiger charge is 2.26. The summed E-state index contributed by atoms with van der Waals surface area (Å²) < 4.78 is 0. The Morgan fingerprint density at radius 3 is 2.67 bits per heavy atom. The van der Waals surface area contributed by atoms with Crippen molar-refractivity contribution in [3.05, 3.63) is 38.8 Å². The van der Waals surface area contributed by atoms with E-state index in [2.05, 4.69) is 15.3 Å². The first-order chi connectivity index (χ1) is 11.7. The normalized spacial score (nSPS) is 9.75. The third-order valence-electron chi connectivity index (χ3n) is 3.05. The van der Waals surface area contributed by atoms with Gasteiger partial charge in [0.2, 0.25) is 11.6 Å². The van der Waals surface area contributed by atoms with Gasteiger partial charge in [-0.3, -0.25) is 10.1 Å². The van der Waals surface area contributed by atoms with Gasteiger partial charge in [0.05, 0.1) is 17.1 Å². The average molecular weight is 343 g/mol. The number of hydrogen-bond acceptors (Lipinski definition) is 9. The fraction of sp³-hybridized carbons (Fsp3) is 0.286. The van der Waals surface area contributed by atoms with Crippen LogP contribution < -0.4 is 10.2 Å². The molecule has 0 radical (unpaired) electrons. The van der Waals surface area contributed by atoms with Crippen LogP contribution in [0.15, 0.2) is 23.8 Å². The van der Waals surface area contributed by atoms with Crippen molar-refractivity contribution >= 4 is 28.7 Å². The largest absolute Gasteiger partial charge is 0.364 e. The van der Waals surface area contributed by atoms with Crippen LogP contribution in [0.4, 0.5) is 17.3 Å². The maximum absolute atomic E-state index is 11.4. The van der Waals surface area contributed by atoms with Crippen molar-refractivity contribution in [2.75, 3.05) is 29.9 Å². The first-order valence-electron chi connectivity index (χ1n) is 6.92. The van der Waals surface area contributed by atoms with Crippen molar-refractivity contribution in [2.45, 2.75) is 6.42 Å². The Bertz CT molecular complexity index is 763. The summed E-state index contributed by atoms with van der Waals surface area (Å²) in [5, 5.41) is 34.0. The molecule has 2 aromatic rings. The van der Waals surface area contributed by atoms with Crippen molar-refractivity contribution in [3.8, 4) is 12.1 Å². The number of rotatable bonds is 8. The molecule has 0 amide bonds. The topological polar surface area (TPSA) is 132 Å². The summed E-state index contributed by atoms with van der Waals surface area (Å²) in [6, 6.07) is 7.66. The minimum absolute atomic E-state index is 0.0447. The SMILES string of the molecule is N#CCN(CC#N)c1ncnc(NCCc2cccs2)c1[N+](=O)[O-]. The van der Waals surface area contributed by atoms with Gasteiger partial charge < -0.3 is 10.2 Å². The minimum Gasteiger partial charge on any atom is -0.364 e. The summed E-state index contributed by atoms with van der Waals surface area (Å²) >= 11 is 1.60. The van der Waals surface area contributed by atoms with Gasteiger partial charge in [-0.1, -0.05) is 6.07 Å². The molecule has 0 atom stereocenters. The predicted octanol–water partition coefficient (Wildman–Crippen LogP) is 1.95. The zero-order chi connectivity index (χ0) is 17.4. The third kappa shape index (κ3) is 4.15. The highest BCUT2D eigenvalue weighted by atomic mass is 32.1. The van der Waals surface area contributed by atoms with E-state index in [1.807, 2.05) is 29.7 Å². The molecule has 10 heteroatoms. The standard InChI is InChI=1S/C14H13N7O2S/c15-4-7-20(8-5-16)14-12(21(22)23)13(18-10-19-14)17-6-3-11-2-1-9-24-11/h1-2,9-10H,3,6-8H2,(H,17,18,19). The van der Waals surface area contributed by atoms with Gasteiger partial charge in [-0.2, -0.15) is 10.5 Å². The van der Waals surface area contributed by atoms with Crippen LogP contribution in [-0.4, -0.2) is 34.5 Å². The van der Waals surface area contributed by atoms with Crippen LogP contribution in [0.25, 0.3) is 0 Å². The number of nitriles is 2. The smallest absolute Gasteiger partial charge is 0.353 e. The number of nitrogens with zero attached hydrogens (tertiary/aromatic N) is 6. The molecular weight excluding hydrogens is 330 g/mol. The molecule has 2 aromatic heterocycles. The molecule has 0 unspecified atom stereocenters. The second-order valence-corrected chi connectivity index (χ2v) is 5.61. The quantitative estimate of drug-likeness (QED) is 0.437. The molecule has 0 aliphatic heterocycles. The Balaban J connectivity index is 2.24. The molecule has 0 aliphatic carbocycles. The van der Waals surface area contributed by atoms with Crippen molar-refractivity contribution < 1.29 is 4.92 Å². The van der Waals surface area contributed by atoms with Gasteiger partial charge in [0.15, 0.2) is 0 Å².